The summed E-state index contributed by atoms with van der Waals surface area (Å²) >= 11 is 0. The number of rotatable bonds is 5. The van der Waals surface area contributed by atoms with Gasteiger partial charge in [-0.25, -0.2) is 4.79 Å². The lowest BCUT2D eigenvalue weighted by atomic mass is 9.81. The summed E-state index contributed by atoms with van der Waals surface area (Å²) in [6.07, 6.45) is -0.438. The zero-order chi connectivity index (χ0) is 24.9. The van der Waals surface area contributed by atoms with Crippen molar-refractivity contribution in [1.29, 1.82) is 0 Å². The van der Waals surface area contributed by atoms with Crippen LogP contribution in [0.4, 0.5) is 13.2 Å². The van der Waals surface area contributed by atoms with Crippen molar-refractivity contribution in [3.05, 3.63) is 95.1 Å². The second-order valence-electron chi connectivity index (χ2n) is 8.88. The number of aliphatic carboxylic acids is 1. The zero-order valence-corrected chi connectivity index (χ0v) is 18.7. The number of aryl methyl sites for hydroxylation is 1. The molecule has 178 valence electrons. The highest BCUT2D eigenvalue weighted by atomic mass is 19.4. The fourth-order valence-electron chi connectivity index (χ4n) is 4.22. The molecule has 0 fully saturated rings. The number of benzene rings is 3. The van der Waals surface area contributed by atoms with Gasteiger partial charge >= 0.3 is 12.1 Å². The van der Waals surface area contributed by atoms with Gasteiger partial charge < -0.3 is 10.8 Å². The van der Waals surface area contributed by atoms with Gasteiger partial charge in [0.05, 0.1) is 0 Å². The van der Waals surface area contributed by atoms with Crippen LogP contribution in [0, 0.1) is 5.41 Å². The fraction of sp³-hybridized carbons (Fsp3) is 0.259. The average molecular weight is 470 g/mol. The fourth-order valence-corrected chi connectivity index (χ4v) is 4.22. The van der Waals surface area contributed by atoms with E-state index < -0.39 is 12.1 Å². The van der Waals surface area contributed by atoms with Gasteiger partial charge in [-0.1, -0.05) is 67.6 Å². The number of carboxylic acid groups (broad SMARTS) is 1. The summed E-state index contributed by atoms with van der Waals surface area (Å²) in [6.45, 7) is 2.41. The Morgan fingerprint density at radius 2 is 1.47 bits per heavy atom. The number of hydrogen-bond donors (Lipinski definition) is 2. The molecule has 1 aliphatic carbocycles. The van der Waals surface area contributed by atoms with Crippen LogP contribution in [0.15, 0.2) is 72.8 Å². The Balaban J connectivity index is 0.000000406. The number of halogens is 3. The van der Waals surface area contributed by atoms with E-state index in [1.54, 1.807) is 6.07 Å². The molecule has 34 heavy (non-hydrogen) atoms. The number of carbonyl (C=O) groups is 2. The summed E-state index contributed by atoms with van der Waals surface area (Å²) in [4.78, 5) is 20.3. The van der Waals surface area contributed by atoms with Crippen molar-refractivity contribution in [2.75, 3.05) is 0 Å². The Bertz CT molecular complexity index is 1150. The van der Waals surface area contributed by atoms with Crippen LogP contribution in [-0.2, 0) is 24.1 Å². The minimum absolute atomic E-state index is 0.359. The Morgan fingerprint density at radius 3 is 1.97 bits per heavy atom. The summed E-state index contributed by atoms with van der Waals surface area (Å²) in [7, 11) is 0. The lowest BCUT2D eigenvalue weighted by Crippen LogP contribution is -2.21. The molecule has 0 saturated heterocycles. The highest BCUT2D eigenvalue weighted by molar-refractivity contribution is 5.94. The molecule has 4 rings (SSSR count). The maximum atomic E-state index is 11.4. The maximum absolute atomic E-state index is 11.4. The molecule has 1 amide bonds. The van der Waals surface area contributed by atoms with Crippen molar-refractivity contribution in [3.63, 3.8) is 0 Å². The highest BCUT2D eigenvalue weighted by Crippen LogP contribution is 2.40. The van der Waals surface area contributed by atoms with Crippen LogP contribution >= 0.6 is 0 Å². The molecule has 0 heterocycles. The Morgan fingerprint density at radius 1 is 0.912 bits per heavy atom. The maximum Gasteiger partial charge on any atom is 0.490 e. The van der Waals surface area contributed by atoms with E-state index >= 15 is 0 Å². The highest BCUT2D eigenvalue weighted by Gasteiger charge is 2.38. The molecule has 0 saturated carbocycles. The number of alkyl halides is 3. The van der Waals surface area contributed by atoms with Gasteiger partial charge in [-0.05, 0) is 71.0 Å². The van der Waals surface area contributed by atoms with Gasteiger partial charge in [0.25, 0.3) is 0 Å². The van der Waals surface area contributed by atoms with Gasteiger partial charge in [-0.3, -0.25) is 4.79 Å². The third kappa shape index (κ3) is 6.47. The van der Waals surface area contributed by atoms with Gasteiger partial charge in [0.1, 0.15) is 0 Å². The zero-order valence-electron chi connectivity index (χ0n) is 18.7. The molecular weight excluding hydrogens is 443 g/mol. The first-order valence-corrected chi connectivity index (χ1v) is 10.8. The average Bonchev–Trinajstić information content (AvgIpc) is 3.14. The van der Waals surface area contributed by atoms with Gasteiger partial charge in [-0.15, -0.1) is 0 Å². The predicted octanol–water partition coefficient (Wildman–Crippen LogP) is 5.82. The van der Waals surface area contributed by atoms with E-state index in [1.807, 2.05) is 18.2 Å². The summed E-state index contributed by atoms with van der Waals surface area (Å²) in [5.41, 5.74) is 12.8. The molecule has 4 nitrogen and oxygen atoms in total. The van der Waals surface area contributed by atoms with E-state index in [4.69, 9.17) is 15.6 Å². The van der Waals surface area contributed by atoms with E-state index in [0.717, 1.165) is 17.5 Å². The number of primary amides is 1. The quantitative estimate of drug-likeness (QED) is 0.494. The molecule has 0 spiro atoms. The van der Waals surface area contributed by atoms with Gasteiger partial charge in [0.2, 0.25) is 5.91 Å². The van der Waals surface area contributed by atoms with Crippen LogP contribution in [0.2, 0.25) is 0 Å². The van der Waals surface area contributed by atoms with Crippen LogP contribution in [0.1, 0.15) is 40.4 Å². The normalized spacial score (nSPS) is 14.0. The number of nitrogens with two attached hydrogens (primary N) is 1. The van der Waals surface area contributed by atoms with Crippen molar-refractivity contribution in [2.24, 2.45) is 11.1 Å². The van der Waals surface area contributed by atoms with Crippen molar-refractivity contribution in [3.8, 4) is 11.1 Å². The standard InChI is InChI=1S/C25H25NO.C2HF3O2/c1-25(16-22-5-2-3-6-23(22)17-25)14-13-18-9-11-19(12-10-18)20-7-4-8-21(15-20)24(26)27;3-2(4,5)1(6)7/h2-12,15H,13-14,16-17H2,1H3,(H2,26,27);(H,6,7). The third-order valence-corrected chi connectivity index (χ3v) is 6.05. The molecule has 3 aromatic rings. The van der Waals surface area contributed by atoms with Crippen LogP contribution in [-0.4, -0.2) is 23.2 Å². The molecule has 0 aliphatic heterocycles. The molecular formula is C27H26F3NO3. The smallest absolute Gasteiger partial charge is 0.475 e. The van der Waals surface area contributed by atoms with Crippen LogP contribution in [0.3, 0.4) is 0 Å². The van der Waals surface area contributed by atoms with Crippen molar-refractivity contribution < 1.29 is 27.9 Å². The Labute approximate surface area is 196 Å². The number of amides is 1. The first-order chi connectivity index (χ1) is 16.0. The van der Waals surface area contributed by atoms with Gasteiger partial charge in [0.15, 0.2) is 0 Å². The van der Waals surface area contributed by atoms with Crippen LogP contribution in [0.25, 0.3) is 11.1 Å². The number of carbonyl (C=O) groups excluding carboxylic acids is 1. The number of fused-ring (bicyclic) bond motifs is 1. The summed E-state index contributed by atoms with van der Waals surface area (Å²) in [5.74, 6) is -3.15. The van der Waals surface area contributed by atoms with E-state index in [2.05, 4.69) is 55.5 Å². The third-order valence-electron chi connectivity index (χ3n) is 6.05. The molecule has 7 heteroatoms. The molecule has 1 aliphatic rings. The Hall–Kier alpha value is -3.61. The van der Waals surface area contributed by atoms with Gasteiger partial charge in [-0.2, -0.15) is 13.2 Å². The second-order valence-corrected chi connectivity index (χ2v) is 8.88. The van der Waals surface area contributed by atoms with Crippen molar-refractivity contribution >= 4 is 11.9 Å². The molecule has 0 unspecified atom stereocenters. The molecule has 0 bridgehead atoms. The second kappa shape index (κ2) is 10.1. The molecule has 0 radical (unpaired) electrons. The first-order valence-electron chi connectivity index (χ1n) is 10.8. The topological polar surface area (TPSA) is 80.4 Å². The largest absolute Gasteiger partial charge is 0.490 e. The predicted molar refractivity (Wildman–Crippen MR) is 124 cm³/mol. The number of carboxylic acids is 1. The van der Waals surface area contributed by atoms with E-state index in [-0.39, 0.29) is 5.91 Å². The van der Waals surface area contributed by atoms with Crippen LogP contribution < -0.4 is 5.73 Å². The summed E-state index contributed by atoms with van der Waals surface area (Å²) in [6, 6.07) is 25.0. The Kier molecular flexibility index (Phi) is 7.44. The molecule has 3 N–H and O–H groups in total. The molecule has 3 aromatic carbocycles. The molecule has 0 aromatic heterocycles. The first kappa shape index (κ1) is 25.0. The minimum Gasteiger partial charge on any atom is -0.475 e. The number of hydrogen-bond acceptors (Lipinski definition) is 2. The van der Waals surface area contributed by atoms with Crippen molar-refractivity contribution in [1.82, 2.24) is 0 Å². The van der Waals surface area contributed by atoms with E-state index in [9.17, 15) is 18.0 Å². The lowest BCUT2D eigenvalue weighted by Gasteiger charge is -2.23. The summed E-state index contributed by atoms with van der Waals surface area (Å²) < 4.78 is 31.7. The van der Waals surface area contributed by atoms with E-state index in [1.165, 1.54) is 36.0 Å². The van der Waals surface area contributed by atoms with Gasteiger partial charge in [0, 0.05) is 5.56 Å². The summed E-state index contributed by atoms with van der Waals surface area (Å²) in [5, 5.41) is 7.12. The van der Waals surface area contributed by atoms with E-state index in [0.29, 0.717) is 11.0 Å². The monoisotopic (exact) mass is 469 g/mol. The SMILES string of the molecule is CC1(CCc2ccc(-c3cccc(C(N)=O)c3)cc2)Cc2ccccc2C1.O=C(O)C(F)(F)F. The van der Waals surface area contributed by atoms with Crippen LogP contribution in [0.5, 0.6) is 0 Å². The minimum atomic E-state index is -5.08. The molecule has 0 atom stereocenters. The van der Waals surface area contributed by atoms with Crippen molar-refractivity contribution in [2.45, 2.75) is 38.8 Å². The lowest BCUT2D eigenvalue weighted by molar-refractivity contribution is -0.192.